The van der Waals surface area contributed by atoms with Crippen molar-refractivity contribution in [2.75, 3.05) is 12.4 Å². The third-order valence-electron chi connectivity index (χ3n) is 4.39. The lowest BCUT2D eigenvalue weighted by molar-refractivity contribution is 0.102. The Morgan fingerprint density at radius 1 is 1.19 bits per heavy atom. The molecule has 0 radical (unpaired) electrons. The lowest BCUT2D eigenvalue weighted by atomic mass is 10.0. The van der Waals surface area contributed by atoms with Crippen LogP contribution in [-0.2, 0) is 12.8 Å². The zero-order valence-corrected chi connectivity index (χ0v) is 17.1. The highest BCUT2D eigenvalue weighted by molar-refractivity contribution is 7.13. The number of aromatic nitrogens is 1. The van der Waals surface area contributed by atoms with Crippen LogP contribution in [0.5, 0.6) is 5.75 Å². The maximum atomic E-state index is 12.8. The number of thiazole rings is 1. The molecule has 4 nitrogen and oxygen atoms in total. The number of carbonyl (C=O) groups excluding carboxylic acids is 1. The first-order valence-corrected chi connectivity index (χ1v) is 10.0. The maximum Gasteiger partial charge on any atom is 0.275 e. The van der Waals surface area contributed by atoms with Crippen LogP contribution < -0.4 is 10.1 Å². The fraction of sp³-hybridized carbons (Fsp3) is 0.238. The van der Waals surface area contributed by atoms with Crippen molar-refractivity contribution in [1.29, 1.82) is 0 Å². The summed E-state index contributed by atoms with van der Waals surface area (Å²) in [6.45, 7) is 4.08. The van der Waals surface area contributed by atoms with Gasteiger partial charge in [-0.15, -0.1) is 11.3 Å². The van der Waals surface area contributed by atoms with E-state index in [-0.39, 0.29) is 5.91 Å². The third kappa shape index (κ3) is 3.99. The van der Waals surface area contributed by atoms with Crippen LogP contribution in [0, 0.1) is 0 Å². The summed E-state index contributed by atoms with van der Waals surface area (Å²) in [5, 5.41) is 6.19. The first kappa shape index (κ1) is 19.4. The molecular formula is C21H21ClN2O2S. The molecule has 27 heavy (non-hydrogen) atoms. The van der Waals surface area contributed by atoms with Crippen LogP contribution in [0.3, 0.4) is 0 Å². The highest BCUT2D eigenvalue weighted by Crippen LogP contribution is 2.33. The normalized spacial score (nSPS) is 10.7. The van der Waals surface area contributed by atoms with E-state index in [0.29, 0.717) is 10.7 Å². The SMILES string of the molecule is CCc1ccc(Cl)c(CC)c1NC(=O)c1csc(-c2ccccc2OC)n1. The second-order valence-electron chi connectivity index (χ2n) is 5.96. The number of hydrogen-bond acceptors (Lipinski definition) is 4. The largest absolute Gasteiger partial charge is 0.496 e. The standard InChI is InChI=1S/C21H21ClN2O2S/c1-4-13-10-11-16(22)14(5-2)19(13)24-20(25)17-12-27-21(23-17)15-8-6-7-9-18(15)26-3/h6-12H,4-5H2,1-3H3,(H,24,25). The number of nitrogens with one attached hydrogen (secondary N) is 1. The molecule has 0 aliphatic carbocycles. The van der Waals surface area contributed by atoms with E-state index < -0.39 is 0 Å². The molecule has 1 amide bonds. The summed E-state index contributed by atoms with van der Waals surface area (Å²) < 4.78 is 5.39. The molecule has 0 unspecified atom stereocenters. The third-order valence-corrected chi connectivity index (χ3v) is 5.62. The number of hydrogen-bond donors (Lipinski definition) is 1. The summed E-state index contributed by atoms with van der Waals surface area (Å²) in [4.78, 5) is 17.3. The van der Waals surface area contributed by atoms with Crippen molar-refractivity contribution in [3.63, 3.8) is 0 Å². The van der Waals surface area contributed by atoms with E-state index in [2.05, 4.69) is 17.2 Å². The first-order valence-electron chi connectivity index (χ1n) is 8.79. The molecule has 1 N–H and O–H groups in total. The van der Waals surface area contributed by atoms with Crippen LogP contribution in [0.1, 0.15) is 35.5 Å². The zero-order valence-electron chi connectivity index (χ0n) is 15.5. The first-order chi connectivity index (χ1) is 13.1. The van der Waals surface area contributed by atoms with E-state index in [1.165, 1.54) is 11.3 Å². The van der Waals surface area contributed by atoms with Gasteiger partial charge in [0.05, 0.1) is 12.7 Å². The van der Waals surface area contributed by atoms with E-state index in [0.717, 1.165) is 46.0 Å². The molecule has 2 aromatic carbocycles. The molecular weight excluding hydrogens is 380 g/mol. The van der Waals surface area contributed by atoms with Gasteiger partial charge in [0, 0.05) is 16.1 Å². The summed E-state index contributed by atoms with van der Waals surface area (Å²) in [5.74, 6) is 0.495. The molecule has 0 saturated carbocycles. The Balaban J connectivity index is 1.91. The minimum absolute atomic E-state index is 0.237. The van der Waals surface area contributed by atoms with E-state index >= 15 is 0 Å². The van der Waals surface area contributed by atoms with Crippen LogP contribution in [-0.4, -0.2) is 18.0 Å². The molecule has 140 valence electrons. The van der Waals surface area contributed by atoms with Crippen LogP contribution in [0.25, 0.3) is 10.6 Å². The van der Waals surface area contributed by atoms with Gasteiger partial charge in [0.2, 0.25) is 0 Å². The summed E-state index contributed by atoms with van der Waals surface area (Å²) in [5.41, 5.74) is 4.05. The average molecular weight is 401 g/mol. The van der Waals surface area contributed by atoms with Gasteiger partial charge in [-0.25, -0.2) is 4.98 Å². The van der Waals surface area contributed by atoms with Gasteiger partial charge in [0.25, 0.3) is 5.91 Å². The van der Waals surface area contributed by atoms with Crippen molar-refractivity contribution >= 4 is 34.5 Å². The number of methoxy groups -OCH3 is 1. The van der Waals surface area contributed by atoms with E-state index in [1.807, 2.05) is 43.3 Å². The van der Waals surface area contributed by atoms with Crippen molar-refractivity contribution in [2.24, 2.45) is 0 Å². The van der Waals surface area contributed by atoms with Crippen LogP contribution in [0.2, 0.25) is 5.02 Å². The van der Waals surface area contributed by atoms with Crippen molar-refractivity contribution < 1.29 is 9.53 Å². The Morgan fingerprint density at radius 3 is 2.67 bits per heavy atom. The predicted molar refractivity (Wildman–Crippen MR) is 112 cm³/mol. The monoisotopic (exact) mass is 400 g/mol. The van der Waals surface area contributed by atoms with Gasteiger partial charge in [-0.1, -0.05) is 43.6 Å². The Morgan fingerprint density at radius 2 is 1.96 bits per heavy atom. The van der Waals surface area contributed by atoms with E-state index in [1.54, 1.807) is 12.5 Å². The van der Waals surface area contributed by atoms with Gasteiger partial charge < -0.3 is 10.1 Å². The number of carbonyl (C=O) groups is 1. The summed E-state index contributed by atoms with van der Waals surface area (Å²) >= 11 is 7.74. The van der Waals surface area contributed by atoms with Crippen LogP contribution >= 0.6 is 22.9 Å². The molecule has 0 spiro atoms. The maximum absolute atomic E-state index is 12.8. The van der Waals surface area contributed by atoms with Gasteiger partial charge in [-0.3, -0.25) is 4.79 Å². The molecule has 3 rings (SSSR count). The van der Waals surface area contributed by atoms with Gasteiger partial charge in [-0.2, -0.15) is 0 Å². The summed E-state index contributed by atoms with van der Waals surface area (Å²) in [6.07, 6.45) is 1.55. The lowest BCUT2D eigenvalue weighted by Crippen LogP contribution is -2.15. The zero-order chi connectivity index (χ0) is 19.4. The lowest BCUT2D eigenvalue weighted by Gasteiger charge is -2.15. The Bertz CT molecular complexity index is 969. The smallest absolute Gasteiger partial charge is 0.275 e. The van der Waals surface area contributed by atoms with Gasteiger partial charge in [-0.05, 0) is 42.2 Å². The number of benzene rings is 2. The molecule has 6 heteroatoms. The van der Waals surface area contributed by atoms with Crippen molar-refractivity contribution in [2.45, 2.75) is 26.7 Å². The summed E-state index contributed by atoms with van der Waals surface area (Å²) in [6, 6.07) is 11.5. The van der Waals surface area contributed by atoms with Crippen molar-refractivity contribution in [3.8, 4) is 16.3 Å². The Hall–Kier alpha value is -2.37. The highest BCUT2D eigenvalue weighted by Gasteiger charge is 2.18. The van der Waals surface area contributed by atoms with Crippen LogP contribution in [0.4, 0.5) is 5.69 Å². The number of anilines is 1. The quantitative estimate of drug-likeness (QED) is 0.564. The van der Waals surface area contributed by atoms with Crippen LogP contribution in [0.15, 0.2) is 41.8 Å². The van der Waals surface area contributed by atoms with Gasteiger partial charge in [0.1, 0.15) is 16.5 Å². The predicted octanol–water partition coefficient (Wildman–Crippen LogP) is 5.85. The number of amides is 1. The number of aryl methyl sites for hydroxylation is 1. The molecule has 1 heterocycles. The average Bonchev–Trinajstić information content (AvgIpc) is 3.18. The molecule has 1 aromatic heterocycles. The molecule has 0 bridgehead atoms. The minimum atomic E-state index is -0.237. The Kier molecular flexibility index (Phi) is 6.14. The second-order valence-corrected chi connectivity index (χ2v) is 7.22. The molecule has 0 fully saturated rings. The molecule has 0 atom stereocenters. The molecule has 0 aliphatic rings. The number of rotatable bonds is 6. The number of halogens is 1. The fourth-order valence-corrected chi connectivity index (χ4v) is 4.09. The molecule has 0 aliphatic heterocycles. The summed E-state index contributed by atoms with van der Waals surface area (Å²) in [7, 11) is 1.62. The van der Waals surface area contributed by atoms with Gasteiger partial charge >= 0.3 is 0 Å². The van der Waals surface area contributed by atoms with E-state index in [4.69, 9.17) is 16.3 Å². The van der Waals surface area contributed by atoms with E-state index in [9.17, 15) is 4.79 Å². The van der Waals surface area contributed by atoms with Crippen molar-refractivity contribution in [1.82, 2.24) is 4.98 Å². The molecule has 3 aromatic rings. The second kappa shape index (κ2) is 8.55. The van der Waals surface area contributed by atoms with Crippen molar-refractivity contribution in [3.05, 3.63) is 63.6 Å². The Labute approximate surface area is 168 Å². The number of ether oxygens (including phenoxy) is 1. The minimum Gasteiger partial charge on any atom is -0.496 e. The molecule has 0 saturated heterocycles. The fourth-order valence-electron chi connectivity index (χ4n) is 2.97. The number of nitrogens with zero attached hydrogens (tertiary/aromatic N) is 1. The van der Waals surface area contributed by atoms with Gasteiger partial charge in [0.15, 0.2) is 0 Å². The topological polar surface area (TPSA) is 51.2 Å². The highest BCUT2D eigenvalue weighted by atomic mass is 35.5. The number of para-hydroxylation sites is 1.